The van der Waals surface area contributed by atoms with E-state index in [1.165, 1.54) is 31.4 Å². The second-order valence-corrected chi connectivity index (χ2v) is 4.35. The summed E-state index contributed by atoms with van der Waals surface area (Å²) in [6.07, 6.45) is 3.66. The Kier molecular flexibility index (Phi) is 3.91. The summed E-state index contributed by atoms with van der Waals surface area (Å²) in [7, 11) is 0. The van der Waals surface area contributed by atoms with Gasteiger partial charge in [0, 0.05) is 0 Å². The highest BCUT2D eigenvalue weighted by molar-refractivity contribution is 5.20. The van der Waals surface area contributed by atoms with Crippen molar-refractivity contribution >= 4 is 0 Å². The molecule has 16 heavy (non-hydrogen) atoms. The van der Waals surface area contributed by atoms with E-state index in [0.29, 0.717) is 0 Å². The molecule has 1 N–H and O–H groups in total. The Morgan fingerprint density at radius 2 is 1.75 bits per heavy atom. The van der Waals surface area contributed by atoms with Crippen molar-refractivity contribution in [2.24, 2.45) is 0 Å². The van der Waals surface area contributed by atoms with Crippen LogP contribution < -0.4 is 0 Å². The number of aliphatic hydroxyl groups excluding tert-OH is 1. The minimum Gasteiger partial charge on any atom is -0.394 e. The molecular formula is C13H18FNO. The Balaban J connectivity index is 2.11. The molecule has 3 heteroatoms. The Hall–Kier alpha value is -0.930. The Labute approximate surface area is 95.7 Å². The highest BCUT2D eigenvalue weighted by atomic mass is 19.1. The molecule has 1 atom stereocenters. The molecule has 0 spiro atoms. The molecule has 2 rings (SSSR count). The zero-order valence-corrected chi connectivity index (χ0v) is 9.40. The first-order chi connectivity index (χ1) is 7.81. The fraction of sp³-hybridized carbons (Fsp3) is 0.538. The molecule has 1 aromatic rings. The van der Waals surface area contributed by atoms with Gasteiger partial charge in [-0.25, -0.2) is 4.39 Å². The van der Waals surface area contributed by atoms with E-state index in [1.54, 1.807) is 12.1 Å². The molecular weight excluding hydrogens is 205 g/mol. The number of nitrogens with zero attached hydrogens (tertiary/aromatic N) is 1. The molecule has 0 aliphatic carbocycles. The zero-order valence-electron chi connectivity index (χ0n) is 9.40. The minimum absolute atomic E-state index is 0.0286. The second kappa shape index (κ2) is 5.41. The first kappa shape index (κ1) is 11.6. The van der Waals surface area contributed by atoms with E-state index in [0.717, 1.165) is 18.7 Å². The average molecular weight is 223 g/mol. The third-order valence-electron chi connectivity index (χ3n) is 3.26. The van der Waals surface area contributed by atoms with Gasteiger partial charge in [-0.1, -0.05) is 18.6 Å². The quantitative estimate of drug-likeness (QED) is 0.850. The topological polar surface area (TPSA) is 23.5 Å². The predicted molar refractivity (Wildman–Crippen MR) is 61.7 cm³/mol. The number of likely N-dealkylation sites (tertiary alicyclic amines) is 1. The number of hydrogen-bond donors (Lipinski definition) is 1. The summed E-state index contributed by atoms with van der Waals surface area (Å²) < 4.78 is 12.8. The molecule has 2 nitrogen and oxygen atoms in total. The van der Waals surface area contributed by atoms with Crippen LogP contribution in [0.5, 0.6) is 0 Å². The standard InChI is InChI=1S/C13H18FNO/c14-12-6-4-11(5-7-12)13(10-16)15-8-2-1-3-9-15/h4-7,13,16H,1-3,8-10H2/t13-/m1/s1. The first-order valence-electron chi connectivity index (χ1n) is 5.91. The average Bonchev–Trinajstić information content (AvgIpc) is 2.34. The summed E-state index contributed by atoms with van der Waals surface area (Å²) in [6, 6.07) is 6.49. The van der Waals surface area contributed by atoms with Gasteiger partial charge >= 0.3 is 0 Å². The van der Waals surface area contributed by atoms with Crippen LogP contribution in [-0.2, 0) is 0 Å². The normalized spacial score (nSPS) is 19.6. The van der Waals surface area contributed by atoms with Crippen LogP contribution in [0.25, 0.3) is 0 Å². The molecule has 0 unspecified atom stereocenters. The zero-order chi connectivity index (χ0) is 11.4. The second-order valence-electron chi connectivity index (χ2n) is 4.35. The van der Waals surface area contributed by atoms with Gasteiger partial charge in [-0.3, -0.25) is 4.90 Å². The largest absolute Gasteiger partial charge is 0.394 e. The highest BCUT2D eigenvalue weighted by Crippen LogP contribution is 2.24. The van der Waals surface area contributed by atoms with Crippen molar-refractivity contribution in [3.8, 4) is 0 Å². The van der Waals surface area contributed by atoms with E-state index in [2.05, 4.69) is 4.90 Å². The summed E-state index contributed by atoms with van der Waals surface area (Å²) in [5.74, 6) is -0.223. The molecule has 1 aromatic carbocycles. The molecule has 1 fully saturated rings. The number of piperidine rings is 1. The Morgan fingerprint density at radius 3 is 2.31 bits per heavy atom. The van der Waals surface area contributed by atoms with E-state index < -0.39 is 0 Å². The molecule has 0 bridgehead atoms. The van der Waals surface area contributed by atoms with Gasteiger partial charge < -0.3 is 5.11 Å². The smallest absolute Gasteiger partial charge is 0.123 e. The lowest BCUT2D eigenvalue weighted by atomic mass is 10.0. The van der Waals surface area contributed by atoms with Gasteiger partial charge in [0.25, 0.3) is 0 Å². The highest BCUT2D eigenvalue weighted by Gasteiger charge is 2.21. The SMILES string of the molecule is OC[C@H](c1ccc(F)cc1)N1CCCCC1. The molecule has 1 heterocycles. The molecule has 0 amide bonds. The fourth-order valence-electron chi connectivity index (χ4n) is 2.35. The van der Waals surface area contributed by atoms with E-state index in [9.17, 15) is 9.50 Å². The molecule has 0 radical (unpaired) electrons. The van der Waals surface area contributed by atoms with Gasteiger partial charge in [0.15, 0.2) is 0 Å². The molecule has 0 saturated carbocycles. The number of halogens is 1. The van der Waals surface area contributed by atoms with Crippen LogP contribution in [0.4, 0.5) is 4.39 Å². The summed E-state index contributed by atoms with van der Waals surface area (Å²) in [5.41, 5.74) is 1.01. The monoisotopic (exact) mass is 223 g/mol. The maximum atomic E-state index is 12.8. The molecule has 1 aliphatic heterocycles. The van der Waals surface area contributed by atoms with E-state index in [1.807, 2.05) is 0 Å². The minimum atomic E-state index is -0.223. The van der Waals surface area contributed by atoms with Crippen LogP contribution in [0.1, 0.15) is 30.9 Å². The van der Waals surface area contributed by atoms with Crippen molar-refractivity contribution < 1.29 is 9.50 Å². The third-order valence-corrected chi connectivity index (χ3v) is 3.26. The molecule has 0 aromatic heterocycles. The van der Waals surface area contributed by atoms with Gasteiger partial charge in [-0.15, -0.1) is 0 Å². The summed E-state index contributed by atoms with van der Waals surface area (Å²) in [6.45, 7) is 2.16. The van der Waals surface area contributed by atoms with Crippen LogP contribution in [0.15, 0.2) is 24.3 Å². The van der Waals surface area contributed by atoms with E-state index >= 15 is 0 Å². The molecule has 1 aliphatic rings. The third kappa shape index (κ3) is 2.60. The number of aliphatic hydroxyl groups is 1. The van der Waals surface area contributed by atoms with Crippen molar-refractivity contribution in [2.45, 2.75) is 25.3 Å². The van der Waals surface area contributed by atoms with E-state index in [-0.39, 0.29) is 18.5 Å². The molecule has 1 saturated heterocycles. The summed E-state index contributed by atoms with van der Waals surface area (Å²) >= 11 is 0. The fourth-order valence-corrected chi connectivity index (χ4v) is 2.35. The first-order valence-corrected chi connectivity index (χ1v) is 5.91. The van der Waals surface area contributed by atoms with Crippen LogP contribution in [-0.4, -0.2) is 29.7 Å². The van der Waals surface area contributed by atoms with E-state index in [4.69, 9.17) is 0 Å². The van der Waals surface area contributed by atoms with Crippen molar-refractivity contribution in [3.05, 3.63) is 35.6 Å². The van der Waals surface area contributed by atoms with Crippen molar-refractivity contribution in [2.75, 3.05) is 19.7 Å². The van der Waals surface area contributed by atoms with Gasteiger partial charge in [0.2, 0.25) is 0 Å². The van der Waals surface area contributed by atoms with Crippen molar-refractivity contribution in [1.29, 1.82) is 0 Å². The summed E-state index contributed by atoms with van der Waals surface area (Å²) in [4.78, 5) is 2.29. The lowest BCUT2D eigenvalue weighted by Crippen LogP contribution is -2.35. The van der Waals surface area contributed by atoms with Crippen LogP contribution in [0, 0.1) is 5.82 Å². The lowest BCUT2D eigenvalue weighted by molar-refractivity contribution is 0.104. The van der Waals surface area contributed by atoms with Gasteiger partial charge in [-0.2, -0.15) is 0 Å². The summed E-state index contributed by atoms with van der Waals surface area (Å²) in [5, 5.41) is 9.47. The van der Waals surface area contributed by atoms with Gasteiger partial charge in [0.1, 0.15) is 5.82 Å². The maximum Gasteiger partial charge on any atom is 0.123 e. The van der Waals surface area contributed by atoms with Gasteiger partial charge in [-0.05, 0) is 43.6 Å². The van der Waals surface area contributed by atoms with Gasteiger partial charge in [0.05, 0.1) is 12.6 Å². The van der Waals surface area contributed by atoms with Crippen molar-refractivity contribution in [3.63, 3.8) is 0 Å². The Bertz CT molecular complexity index is 319. The maximum absolute atomic E-state index is 12.8. The van der Waals surface area contributed by atoms with Crippen LogP contribution >= 0.6 is 0 Å². The lowest BCUT2D eigenvalue weighted by Gasteiger charge is -2.33. The van der Waals surface area contributed by atoms with Crippen LogP contribution in [0.2, 0.25) is 0 Å². The van der Waals surface area contributed by atoms with Crippen molar-refractivity contribution in [1.82, 2.24) is 4.90 Å². The number of benzene rings is 1. The molecule has 88 valence electrons. The van der Waals surface area contributed by atoms with Crippen LogP contribution in [0.3, 0.4) is 0 Å². The Morgan fingerprint density at radius 1 is 1.12 bits per heavy atom. The predicted octanol–water partition coefficient (Wildman–Crippen LogP) is 2.35. The number of rotatable bonds is 3. The number of hydrogen-bond acceptors (Lipinski definition) is 2.